The second kappa shape index (κ2) is 12.3. The highest BCUT2D eigenvalue weighted by Gasteiger charge is 2.20. The number of benzene rings is 3. The number of hydrogen-bond acceptors (Lipinski definition) is 3. The molecule has 5 nitrogen and oxygen atoms in total. The lowest BCUT2D eigenvalue weighted by atomic mass is 9.94. The Labute approximate surface area is 210 Å². The normalized spacial score (nSPS) is 11.8. The van der Waals surface area contributed by atoms with Gasteiger partial charge in [0.25, 0.3) is 5.91 Å². The van der Waals surface area contributed by atoms with Crippen LogP contribution < -0.4 is 10.1 Å². The molecule has 0 aliphatic carbocycles. The average molecular weight is 496 g/mol. The number of carboxylic acids is 1. The largest absolute Gasteiger partial charge is 0.486 e. The Morgan fingerprint density at radius 2 is 1.81 bits per heavy atom. The Morgan fingerprint density at radius 1 is 1.03 bits per heavy atom. The molecule has 0 aliphatic rings. The molecule has 0 aromatic heterocycles. The molecule has 0 heterocycles. The van der Waals surface area contributed by atoms with Gasteiger partial charge < -0.3 is 15.2 Å². The van der Waals surface area contributed by atoms with Crippen LogP contribution in [-0.2, 0) is 17.8 Å². The van der Waals surface area contributed by atoms with Crippen molar-refractivity contribution in [1.82, 2.24) is 5.32 Å². The average Bonchev–Trinajstić information content (AvgIpc) is 2.82. The number of amides is 1. The Morgan fingerprint density at radius 3 is 2.50 bits per heavy atom. The molecular formula is C29H31F2NO4. The van der Waals surface area contributed by atoms with Gasteiger partial charge in [0.2, 0.25) is 0 Å². The van der Waals surface area contributed by atoms with Gasteiger partial charge in [0.15, 0.2) is 11.6 Å². The lowest BCUT2D eigenvalue weighted by Crippen LogP contribution is -2.30. The number of aryl methyl sites for hydroxylation is 2. The van der Waals surface area contributed by atoms with Crippen molar-refractivity contribution in [2.24, 2.45) is 5.92 Å². The highest BCUT2D eigenvalue weighted by atomic mass is 19.1. The Balaban J connectivity index is 1.88. The van der Waals surface area contributed by atoms with Gasteiger partial charge in [0, 0.05) is 18.1 Å². The summed E-state index contributed by atoms with van der Waals surface area (Å²) < 4.78 is 32.9. The first-order valence-corrected chi connectivity index (χ1v) is 11.9. The molecule has 0 spiro atoms. The van der Waals surface area contributed by atoms with Crippen LogP contribution in [0.15, 0.2) is 60.7 Å². The van der Waals surface area contributed by atoms with Crippen molar-refractivity contribution < 1.29 is 28.2 Å². The topological polar surface area (TPSA) is 75.6 Å². The molecule has 1 atom stereocenters. The minimum absolute atomic E-state index is 0.0901. The number of carboxylic acid groups (broad SMARTS) is 1. The molecule has 3 aromatic rings. The van der Waals surface area contributed by atoms with Gasteiger partial charge in [0.1, 0.15) is 12.4 Å². The van der Waals surface area contributed by atoms with Gasteiger partial charge in [-0.2, -0.15) is 0 Å². The fourth-order valence-corrected chi connectivity index (χ4v) is 4.01. The monoisotopic (exact) mass is 495 g/mol. The fourth-order valence-electron chi connectivity index (χ4n) is 4.01. The van der Waals surface area contributed by atoms with Crippen molar-refractivity contribution >= 4 is 11.9 Å². The number of halogens is 2. The lowest BCUT2D eigenvalue weighted by Gasteiger charge is -2.23. The van der Waals surface area contributed by atoms with Crippen LogP contribution in [0.25, 0.3) is 0 Å². The number of hydrogen-bond donors (Lipinski definition) is 2. The molecule has 0 aliphatic heterocycles. The first-order valence-electron chi connectivity index (χ1n) is 11.9. The van der Waals surface area contributed by atoms with Crippen LogP contribution in [0.3, 0.4) is 0 Å². The summed E-state index contributed by atoms with van der Waals surface area (Å²) >= 11 is 0. The standard InChI is InChI=1S/C29H31F2NO4/c1-18(2)13-26(22-6-4-5-19(3)14-22)32-29(35)24-15-20(7-8-21(24)9-12-28(33)34)17-36-27-16-23(30)10-11-25(27)31/h4-8,10-11,14-16,18,26H,9,12-13,17H2,1-3H3,(H,32,35)(H,33,34)/t26-/m1/s1. The van der Waals surface area contributed by atoms with Gasteiger partial charge in [-0.25, -0.2) is 8.78 Å². The van der Waals surface area contributed by atoms with E-state index in [0.29, 0.717) is 22.6 Å². The summed E-state index contributed by atoms with van der Waals surface area (Å²) in [6, 6.07) is 15.7. The summed E-state index contributed by atoms with van der Waals surface area (Å²) in [6.07, 6.45) is 0.774. The van der Waals surface area contributed by atoms with E-state index in [1.807, 2.05) is 31.2 Å². The molecule has 3 aromatic carbocycles. The second-order valence-electron chi connectivity index (χ2n) is 9.32. The number of ether oxygens (including phenoxy) is 1. The molecular weight excluding hydrogens is 464 g/mol. The van der Waals surface area contributed by atoms with Crippen LogP contribution >= 0.6 is 0 Å². The third-order valence-electron chi connectivity index (χ3n) is 5.77. The van der Waals surface area contributed by atoms with E-state index >= 15 is 0 Å². The molecule has 0 saturated heterocycles. The van der Waals surface area contributed by atoms with Crippen LogP contribution in [0.1, 0.15) is 65.3 Å². The molecule has 0 bridgehead atoms. The van der Waals surface area contributed by atoms with Crippen LogP contribution in [0, 0.1) is 24.5 Å². The van der Waals surface area contributed by atoms with E-state index in [9.17, 15) is 18.4 Å². The summed E-state index contributed by atoms with van der Waals surface area (Å²) in [5.41, 5.74) is 3.56. The maximum absolute atomic E-state index is 13.9. The van der Waals surface area contributed by atoms with E-state index in [-0.39, 0.29) is 37.1 Å². The van der Waals surface area contributed by atoms with Crippen molar-refractivity contribution in [1.29, 1.82) is 0 Å². The summed E-state index contributed by atoms with van der Waals surface area (Å²) in [4.78, 5) is 24.6. The van der Waals surface area contributed by atoms with Crippen molar-refractivity contribution in [2.75, 3.05) is 0 Å². The van der Waals surface area contributed by atoms with E-state index in [2.05, 4.69) is 19.2 Å². The van der Waals surface area contributed by atoms with Crippen LogP contribution in [0.2, 0.25) is 0 Å². The SMILES string of the molecule is Cc1cccc([C@@H](CC(C)C)NC(=O)c2cc(COc3cc(F)ccc3F)ccc2CCC(=O)O)c1. The maximum atomic E-state index is 13.9. The van der Waals surface area contributed by atoms with Crippen molar-refractivity contribution in [3.05, 3.63) is 100 Å². The van der Waals surface area contributed by atoms with E-state index < -0.39 is 17.6 Å². The zero-order valence-corrected chi connectivity index (χ0v) is 20.7. The van der Waals surface area contributed by atoms with Crippen molar-refractivity contribution in [2.45, 2.75) is 52.7 Å². The first kappa shape index (κ1) is 26.9. The smallest absolute Gasteiger partial charge is 0.303 e. The molecule has 1 amide bonds. The number of aliphatic carboxylic acids is 1. The van der Waals surface area contributed by atoms with Gasteiger partial charge in [0.05, 0.1) is 6.04 Å². The summed E-state index contributed by atoms with van der Waals surface area (Å²) in [6.45, 7) is 6.06. The highest BCUT2D eigenvalue weighted by molar-refractivity contribution is 5.96. The maximum Gasteiger partial charge on any atom is 0.303 e. The number of carbonyl (C=O) groups excluding carboxylic acids is 1. The molecule has 0 saturated carbocycles. The fraction of sp³-hybridized carbons (Fsp3) is 0.310. The van der Waals surface area contributed by atoms with Crippen molar-refractivity contribution in [3.63, 3.8) is 0 Å². The highest BCUT2D eigenvalue weighted by Crippen LogP contribution is 2.25. The Hall–Kier alpha value is -3.74. The molecule has 0 fully saturated rings. The van der Waals surface area contributed by atoms with Gasteiger partial charge in [-0.15, -0.1) is 0 Å². The van der Waals surface area contributed by atoms with Gasteiger partial charge in [-0.1, -0.05) is 55.8 Å². The Bertz CT molecular complexity index is 1230. The molecule has 0 radical (unpaired) electrons. The van der Waals surface area contributed by atoms with Crippen molar-refractivity contribution in [3.8, 4) is 5.75 Å². The van der Waals surface area contributed by atoms with E-state index in [1.165, 1.54) is 0 Å². The summed E-state index contributed by atoms with van der Waals surface area (Å²) in [5, 5.41) is 12.3. The number of nitrogens with one attached hydrogen (secondary N) is 1. The minimum atomic E-state index is -0.965. The predicted octanol–water partition coefficient (Wildman–Crippen LogP) is 6.39. The molecule has 2 N–H and O–H groups in total. The molecule has 190 valence electrons. The van der Waals surface area contributed by atoms with E-state index in [0.717, 1.165) is 35.7 Å². The second-order valence-corrected chi connectivity index (χ2v) is 9.32. The van der Waals surface area contributed by atoms with E-state index in [4.69, 9.17) is 9.84 Å². The Kier molecular flexibility index (Phi) is 9.17. The van der Waals surface area contributed by atoms with Gasteiger partial charge >= 0.3 is 5.97 Å². The molecule has 3 rings (SSSR count). The lowest BCUT2D eigenvalue weighted by molar-refractivity contribution is -0.136. The van der Waals surface area contributed by atoms with Crippen LogP contribution in [0.4, 0.5) is 8.78 Å². The zero-order valence-electron chi connectivity index (χ0n) is 20.7. The first-order chi connectivity index (χ1) is 17.1. The van der Waals surface area contributed by atoms with Crippen LogP contribution in [0.5, 0.6) is 5.75 Å². The predicted molar refractivity (Wildman–Crippen MR) is 134 cm³/mol. The third-order valence-corrected chi connectivity index (χ3v) is 5.77. The number of carbonyl (C=O) groups is 2. The zero-order chi connectivity index (χ0) is 26.2. The van der Waals surface area contributed by atoms with E-state index in [1.54, 1.807) is 18.2 Å². The van der Waals surface area contributed by atoms with Gasteiger partial charge in [-0.3, -0.25) is 9.59 Å². The summed E-state index contributed by atoms with van der Waals surface area (Å²) in [7, 11) is 0. The molecule has 7 heteroatoms. The molecule has 0 unspecified atom stereocenters. The third kappa shape index (κ3) is 7.63. The minimum Gasteiger partial charge on any atom is -0.486 e. The number of rotatable bonds is 11. The quantitative estimate of drug-likeness (QED) is 0.323. The summed E-state index contributed by atoms with van der Waals surface area (Å²) in [5.74, 6) is -2.52. The van der Waals surface area contributed by atoms with Gasteiger partial charge in [-0.05, 0) is 60.6 Å². The molecule has 36 heavy (non-hydrogen) atoms. The van der Waals surface area contributed by atoms with Crippen LogP contribution in [-0.4, -0.2) is 17.0 Å².